The first-order valence-electron chi connectivity index (χ1n) is 7.55. The second kappa shape index (κ2) is 7.18. The topological polar surface area (TPSA) is 75.2 Å². The van der Waals surface area contributed by atoms with Gasteiger partial charge in [-0.25, -0.2) is 8.78 Å². The van der Waals surface area contributed by atoms with E-state index in [1.807, 2.05) is 0 Å². The Morgan fingerprint density at radius 2 is 2.04 bits per heavy atom. The van der Waals surface area contributed by atoms with Gasteiger partial charge in [0.2, 0.25) is 16.9 Å². The van der Waals surface area contributed by atoms with Crippen molar-refractivity contribution < 1.29 is 31.5 Å². The van der Waals surface area contributed by atoms with Crippen LogP contribution in [0.3, 0.4) is 0 Å². The lowest BCUT2D eigenvalue weighted by Gasteiger charge is -2.18. The summed E-state index contributed by atoms with van der Waals surface area (Å²) in [6.07, 6.45) is -7.60. The Hall–Kier alpha value is -2.63. The van der Waals surface area contributed by atoms with E-state index in [2.05, 4.69) is 15.5 Å². The summed E-state index contributed by atoms with van der Waals surface area (Å²) in [5.74, 6) is -2.01. The highest BCUT2D eigenvalue weighted by molar-refractivity contribution is 7.15. The second-order valence-corrected chi connectivity index (χ2v) is 6.70. The van der Waals surface area contributed by atoms with Gasteiger partial charge in [0.15, 0.2) is 5.01 Å². The highest BCUT2D eigenvalue weighted by atomic mass is 32.1. The van der Waals surface area contributed by atoms with Crippen molar-refractivity contribution in [1.82, 2.24) is 10.2 Å². The van der Waals surface area contributed by atoms with E-state index in [0.29, 0.717) is 11.3 Å². The summed E-state index contributed by atoms with van der Waals surface area (Å²) in [5.41, 5.74) is -0.880. The predicted molar refractivity (Wildman–Crippen MR) is 85.4 cm³/mol. The number of carbonyl (C=O) groups excluding carboxylic acids is 2. The van der Waals surface area contributed by atoms with Crippen LogP contribution in [0.5, 0.6) is 0 Å². The summed E-state index contributed by atoms with van der Waals surface area (Å²) in [7, 11) is 0. The zero-order valence-corrected chi connectivity index (χ0v) is 14.2. The monoisotopic (exact) mass is 406 g/mol. The molecule has 1 N–H and O–H groups in total. The number of rotatable bonds is 4. The van der Waals surface area contributed by atoms with E-state index >= 15 is 0 Å². The van der Waals surface area contributed by atoms with Crippen LogP contribution in [-0.4, -0.2) is 28.6 Å². The Kier molecular flexibility index (Phi) is 5.09. The highest BCUT2D eigenvalue weighted by Crippen LogP contribution is 2.34. The third kappa shape index (κ3) is 4.21. The zero-order valence-electron chi connectivity index (χ0n) is 13.3. The first-order valence-corrected chi connectivity index (χ1v) is 8.37. The summed E-state index contributed by atoms with van der Waals surface area (Å²) in [5, 5.41) is 8.25. The van der Waals surface area contributed by atoms with E-state index in [1.165, 1.54) is 12.1 Å². The molecule has 1 fully saturated rings. The van der Waals surface area contributed by atoms with Crippen LogP contribution in [0.1, 0.15) is 23.4 Å². The van der Waals surface area contributed by atoms with Crippen LogP contribution in [0.2, 0.25) is 0 Å². The molecule has 12 heteroatoms. The summed E-state index contributed by atoms with van der Waals surface area (Å²) in [6.45, 7) is -0.132. The van der Waals surface area contributed by atoms with Crippen LogP contribution in [-0.2, 0) is 15.8 Å². The number of aromatic nitrogens is 2. The third-order valence-corrected chi connectivity index (χ3v) is 4.68. The van der Waals surface area contributed by atoms with Gasteiger partial charge in [0, 0.05) is 18.7 Å². The maximum absolute atomic E-state index is 12.8. The fourth-order valence-corrected chi connectivity index (χ4v) is 3.17. The number of hydrogen-bond acceptors (Lipinski definition) is 5. The van der Waals surface area contributed by atoms with Crippen LogP contribution in [0.4, 0.5) is 32.8 Å². The third-order valence-electron chi connectivity index (χ3n) is 3.84. The number of benzene rings is 1. The van der Waals surface area contributed by atoms with Gasteiger partial charge in [-0.2, -0.15) is 13.2 Å². The molecule has 0 aliphatic carbocycles. The number of alkyl halides is 5. The molecule has 1 atom stereocenters. The quantitative estimate of drug-likeness (QED) is 0.789. The van der Waals surface area contributed by atoms with Crippen molar-refractivity contribution in [3.63, 3.8) is 0 Å². The van der Waals surface area contributed by atoms with Gasteiger partial charge in [-0.3, -0.25) is 9.59 Å². The van der Waals surface area contributed by atoms with Crippen molar-refractivity contribution in [3.8, 4) is 0 Å². The molecule has 6 nitrogen and oxygen atoms in total. The van der Waals surface area contributed by atoms with Crippen molar-refractivity contribution in [1.29, 1.82) is 0 Å². The van der Waals surface area contributed by atoms with Crippen LogP contribution in [0, 0.1) is 5.92 Å². The first-order chi connectivity index (χ1) is 12.6. The number of carbonyl (C=O) groups is 2. The number of hydrogen-bond donors (Lipinski definition) is 1. The van der Waals surface area contributed by atoms with Crippen molar-refractivity contribution in [2.75, 3.05) is 16.8 Å². The van der Waals surface area contributed by atoms with E-state index in [-0.39, 0.29) is 23.8 Å². The van der Waals surface area contributed by atoms with E-state index in [4.69, 9.17) is 0 Å². The van der Waals surface area contributed by atoms with Crippen LogP contribution in [0.15, 0.2) is 24.3 Å². The summed E-state index contributed by atoms with van der Waals surface area (Å²) in [6, 6.07) is 4.22. The van der Waals surface area contributed by atoms with Crippen molar-refractivity contribution in [2.45, 2.75) is 19.0 Å². The lowest BCUT2D eigenvalue weighted by Crippen LogP contribution is -2.28. The van der Waals surface area contributed by atoms with Gasteiger partial charge in [0.1, 0.15) is 0 Å². The minimum absolute atomic E-state index is 0.0287. The largest absolute Gasteiger partial charge is 0.416 e. The molecule has 1 unspecified atom stereocenters. The molecule has 2 amide bonds. The molecule has 1 aromatic heterocycles. The van der Waals surface area contributed by atoms with Crippen molar-refractivity contribution in [2.24, 2.45) is 5.92 Å². The average molecular weight is 406 g/mol. The molecule has 0 radical (unpaired) electrons. The van der Waals surface area contributed by atoms with E-state index in [1.54, 1.807) is 0 Å². The number of anilines is 2. The van der Waals surface area contributed by atoms with E-state index in [9.17, 15) is 31.5 Å². The van der Waals surface area contributed by atoms with Gasteiger partial charge in [-0.15, -0.1) is 10.2 Å². The first kappa shape index (κ1) is 19.1. The standard InChI is InChI=1S/C15H11F5N4O2S/c16-11(17)13-22-23-14(27-13)21-12(26)7-4-10(25)24(6-7)9-3-1-2-8(5-9)15(18,19)20/h1-3,5,7,11H,4,6H2,(H,21,23,26). The minimum atomic E-state index is -4.56. The number of nitrogens with zero attached hydrogens (tertiary/aromatic N) is 3. The minimum Gasteiger partial charge on any atom is -0.312 e. The van der Waals surface area contributed by atoms with Crippen molar-refractivity contribution >= 4 is 34.0 Å². The Balaban J connectivity index is 1.70. The molecule has 0 saturated carbocycles. The van der Waals surface area contributed by atoms with Gasteiger partial charge in [0.25, 0.3) is 6.43 Å². The number of amides is 2. The van der Waals surface area contributed by atoms with Crippen LogP contribution >= 0.6 is 11.3 Å². The second-order valence-electron chi connectivity index (χ2n) is 5.69. The fourth-order valence-electron chi connectivity index (χ4n) is 2.56. The molecule has 144 valence electrons. The average Bonchev–Trinajstić information content (AvgIpc) is 3.21. The molecule has 0 bridgehead atoms. The lowest BCUT2D eigenvalue weighted by molar-refractivity contribution is -0.137. The number of halogens is 5. The van der Waals surface area contributed by atoms with Gasteiger partial charge in [-0.05, 0) is 18.2 Å². The maximum Gasteiger partial charge on any atom is 0.416 e. The van der Waals surface area contributed by atoms with E-state index < -0.39 is 40.9 Å². The smallest absolute Gasteiger partial charge is 0.312 e. The molecule has 1 saturated heterocycles. The molecule has 1 aromatic carbocycles. The summed E-state index contributed by atoms with van der Waals surface area (Å²) >= 11 is 0.503. The molecule has 1 aliphatic rings. The van der Waals surface area contributed by atoms with E-state index in [0.717, 1.165) is 17.0 Å². The molecular formula is C15H11F5N4O2S. The maximum atomic E-state index is 12.8. The Morgan fingerprint density at radius 3 is 2.67 bits per heavy atom. The zero-order chi connectivity index (χ0) is 19.8. The van der Waals surface area contributed by atoms with Gasteiger partial charge < -0.3 is 10.2 Å². The van der Waals surface area contributed by atoms with Crippen molar-refractivity contribution in [3.05, 3.63) is 34.8 Å². The van der Waals surface area contributed by atoms with Gasteiger partial charge in [-0.1, -0.05) is 17.4 Å². The molecule has 2 aromatic rings. The Bertz CT molecular complexity index is 870. The van der Waals surface area contributed by atoms with Gasteiger partial charge in [0.05, 0.1) is 11.5 Å². The molecule has 3 rings (SSSR count). The van der Waals surface area contributed by atoms with Gasteiger partial charge >= 0.3 is 6.18 Å². The number of nitrogens with one attached hydrogen (secondary N) is 1. The predicted octanol–water partition coefficient (Wildman–Crippen LogP) is 3.49. The molecular weight excluding hydrogens is 395 g/mol. The fraction of sp³-hybridized carbons (Fsp3) is 0.333. The SMILES string of the molecule is O=C(Nc1nnc(C(F)F)s1)C1CC(=O)N(c2cccc(C(F)(F)F)c2)C1. The molecule has 1 aliphatic heterocycles. The molecule has 27 heavy (non-hydrogen) atoms. The molecule has 2 heterocycles. The van der Waals surface area contributed by atoms with Crippen LogP contribution in [0.25, 0.3) is 0 Å². The lowest BCUT2D eigenvalue weighted by atomic mass is 10.1. The Labute approximate surface area is 153 Å². The highest BCUT2D eigenvalue weighted by Gasteiger charge is 2.37. The summed E-state index contributed by atoms with van der Waals surface area (Å²) in [4.78, 5) is 25.4. The Morgan fingerprint density at radius 1 is 1.30 bits per heavy atom. The normalized spacial score (nSPS) is 17.6. The molecule has 0 spiro atoms. The summed E-state index contributed by atoms with van der Waals surface area (Å²) < 4.78 is 63.5. The van der Waals surface area contributed by atoms with Crippen LogP contribution < -0.4 is 10.2 Å².